The molecule has 0 unspecified atom stereocenters. The molecular formula is C12H19NS. The minimum atomic E-state index is 0.874. The van der Waals surface area contributed by atoms with Gasteiger partial charge in [0.2, 0.25) is 0 Å². The van der Waals surface area contributed by atoms with E-state index in [0.717, 1.165) is 12.5 Å². The average molecular weight is 209 g/mol. The van der Waals surface area contributed by atoms with Gasteiger partial charge in [-0.05, 0) is 37.9 Å². The quantitative estimate of drug-likeness (QED) is 0.803. The summed E-state index contributed by atoms with van der Waals surface area (Å²) in [7, 11) is 2.01. The Bertz CT molecular complexity index is 274. The highest BCUT2D eigenvalue weighted by Crippen LogP contribution is 2.36. The zero-order valence-corrected chi connectivity index (χ0v) is 9.70. The van der Waals surface area contributed by atoms with Gasteiger partial charge in [0.15, 0.2) is 0 Å². The minimum absolute atomic E-state index is 0.874. The molecule has 0 aromatic carbocycles. The van der Waals surface area contributed by atoms with Crippen molar-refractivity contribution in [3.63, 3.8) is 0 Å². The molecule has 2 rings (SSSR count). The Morgan fingerprint density at radius 3 is 2.79 bits per heavy atom. The molecule has 1 aliphatic carbocycles. The van der Waals surface area contributed by atoms with Crippen LogP contribution in [0.4, 0.5) is 0 Å². The molecule has 14 heavy (non-hydrogen) atoms. The lowest BCUT2D eigenvalue weighted by Gasteiger charge is -2.19. The summed E-state index contributed by atoms with van der Waals surface area (Å²) in [6, 6.07) is 4.62. The van der Waals surface area contributed by atoms with Gasteiger partial charge in [0.25, 0.3) is 0 Å². The molecule has 0 atom stereocenters. The Hall–Kier alpha value is -0.340. The van der Waals surface area contributed by atoms with Crippen molar-refractivity contribution >= 4 is 11.3 Å². The number of rotatable bonds is 3. The molecule has 0 radical (unpaired) electrons. The first kappa shape index (κ1) is 10.2. The molecule has 0 bridgehead atoms. The molecule has 1 aliphatic rings. The van der Waals surface area contributed by atoms with Crippen molar-refractivity contribution in [2.45, 2.75) is 44.6 Å². The van der Waals surface area contributed by atoms with Crippen LogP contribution < -0.4 is 5.32 Å². The lowest BCUT2D eigenvalue weighted by molar-refractivity contribution is 0.448. The van der Waals surface area contributed by atoms with Crippen LogP contribution in [-0.2, 0) is 6.54 Å². The van der Waals surface area contributed by atoms with Gasteiger partial charge in [-0.15, -0.1) is 11.3 Å². The van der Waals surface area contributed by atoms with Crippen molar-refractivity contribution in [1.82, 2.24) is 5.32 Å². The monoisotopic (exact) mass is 209 g/mol. The summed E-state index contributed by atoms with van der Waals surface area (Å²) in [5.74, 6) is 0.874. The summed E-state index contributed by atoms with van der Waals surface area (Å²) in [6.07, 6.45) is 7.15. The van der Waals surface area contributed by atoms with Crippen LogP contribution in [0, 0.1) is 0 Å². The number of hydrogen-bond acceptors (Lipinski definition) is 2. The fourth-order valence-corrected chi connectivity index (χ4v) is 3.46. The fourth-order valence-electron chi connectivity index (χ4n) is 2.27. The van der Waals surface area contributed by atoms with Crippen LogP contribution in [-0.4, -0.2) is 7.05 Å². The first-order valence-electron chi connectivity index (χ1n) is 5.63. The van der Waals surface area contributed by atoms with E-state index in [1.54, 1.807) is 4.88 Å². The largest absolute Gasteiger partial charge is 0.315 e. The second kappa shape index (κ2) is 4.94. The van der Waals surface area contributed by atoms with Gasteiger partial charge in [-0.2, -0.15) is 0 Å². The highest BCUT2D eigenvalue weighted by molar-refractivity contribution is 7.12. The molecule has 78 valence electrons. The SMILES string of the molecule is CNCc1ccc(C2CCCCC2)s1. The molecule has 1 aromatic rings. The maximum Gasteiger partial charge on any atom is 0.0296 e. The van der Waals surface area contributed by atoms with Gasteiger partial charge in [0.1, 0.15) is 0 Å². The molecule has 0 amide bonds. The van der Waals surface area contributed by atoms with Gasteiger partial charge in [-0.3, -0.25) is 0 Å². The molecular weight excluding hydrogens is 190 g/mol. The summed E-state index contributed by atoms with van der Waals surface area (Å²) >= 11 is 2.00. The predicted molar refractivity (Wildman–Crippen MR) is 62.9 cm³/mol. The van der Waals surface area contributed by atoms with Gasteiger partial charge in [0, 0.05) is 16.3 Å². The third-order valence-electron chi connectivity index (χ3n) is 3.04. The maximum atomic E-state index is 3.21. The van der Waals surface area contributed by atoms with Gasteiger partial charge >= 0.3 is 0 Å². The number of hydrogen-bond donors (Lipinski definition) is 1. The van der Waals surface area contributed by atoms with Crippen LogP contribution in [0.2, 0.25) is 0 Å². The average Bonchev–Trinajstić information content (AvgIpc) is 2.68. The molecule has 1 fully saturated rings. The van der Waals surface area contributed by atoms with E-state index in [1.165, 1.54) is 37.0 Å². The molecule has 0 saturated heterocycles. The lowest BCUT2D eigenvalue weighted by atomic mass is 9.88. The fraction of sp³-hybridized carbons (Fsp3) is 0.667. The van der Waals surface area contributed by atoms with Gasteiger partial charge in [-0.25, -0.2) is 0 Å². The molecule has 1 N–H and O–H groups in total. The summed E-state index contributed by atoms with van der Waals surface area (Å²) in [4.78, 5) is 3.10. The topological polar surface area (TPSA) is 12.0 Å². The van der Waals surface area contributed by atoms with Crippen molar-refractivity contribution in [2.75, 3.05) is 7.05 Å². The maximum absolute atomic E-state index is 3.21. The van der Waals surface area contributed by atoms with Crippen LogP contribution in [0.3, 0.4) is 0 Å². The first-order chi connectivity index (χ1) is 6.90. The highest BCUT2D eigenvalue weighted by Gasteiger charge is 2.16. The molecule has 1 heterocycles. The standard InChI is InChI=1S/C12H19NS/c1-13-9-11-7-8-12(14-11)10-5-3-2-4-6-10/h7-8,10,13H,2-6,9H2,1H3. The van der Waals surface area contributed by atoms with Crippen LogP contribution in [0.5, 0.6) is 0 Å². The Kier molecular flexibility index (Phi) is 3.60. The van der Waals surface area contributed by atoms with E-state index in [1.807, 2.05) is 18.4 Å². The predicted octanol–water partition coefficient (Wildman–Crippen LogP) is 3.52. The van der Waals surface area contributed by atoms with E-state index in [4.69, 9.17) is 0 Å². The zero-order chi connectivity index (χ0) is 9.80. The van der Waals surface area contributed by atoms with E-state index >= 15 is 0 Å². The minimum Gasteiger partial charge on any atom is -0.315 e. The molecule has 1 saturated carbocycles. The van der Waals surface area contributed by atoms with E-state index in [2.05, 4.69) is 17.4 Å². The van der Waals surface area contributed by atoms with Crippen molar-refractivity contribution in [2.24, 2.45) is 0 Å². The third kappa shape index (κ3) is 2.37. The molecule has 0 spiro atoms. The molecule has 0 aliphatic heterocycles. The lowest BCUT2D eigenvalue weighted by Crippen LogP contribution is -2.03. The van der Waals surface area contributed by atoms with E-state index in [0.29, 0.717) is 0 Å². The Labute approximate surface area is 90.5 Å². The van der Waals surface area contributed by atoms with E-state index in [-0.39, 0.29) is 0 Å². The van der Waals surface area contributed by atoms with Gasteiger partial charge < -0.3 is 5.32 Å². The van der Waals surface area contributed by atoms with Crippen molar-refractivity contribution < 1.29 is 0 Å². The summed E-state index contributed by atoms with van der Waals surface area (Å²) < 4.78 is 0. The van der Waals surface area contributed by atoms with Crippen molar-refractivity contribution in [3.05, 3.63) is 21.9 Å². The van der Waals surface area contributed by atoms with Crippen LogP contribution in [0.25, 0.3) is 0 Å². The van der Waals surface area contributed by atoms with Crippen LogP contribution in [0.1, 0.15) is 47.8 Å². The Morgan fingerprint density at radius 1 is 1.29 bits per heavy atom. The third-order valence-corrected chi connectivity index (χ3v) is 4.29. The highest BCUT2D eigenvalue weighted by atomic mass is 32.1. The van der Waals surface area contributed by atoms with E-state index in [9.17, 15) is 0 Å². The normalized spacial score (nSPS) is 18.6. The van der Waals surface area contributed by atoms with Gasteiger partial charge in [0.05, 0.1) is 0 Å². The second-order valence-corrected chi connectivity index (χ2v) is 5.37. The first-order valence-corrected chi connectivity index (χ1v) is 6.45. The van der Waals surface area contributed by atoms with E-state index < -0.39 is 0 Å². The number of nitrogens with one attached hydrogen (secondary N) is 1. The molecule has 1 aromatic heterocycles. The zero-order valence-electron chi connectivity index (χ0n) is 8.88. The molecule has 2 heteroatoms. The summed E-state index contributed by atoms with van der Waals surface area (Å²) in [6.45, 7) is 1.03. The Morgan fingerprint density at radius 2 is 2.07 bits per heavy atom. The van der Waals surface area contributed by atoms with Crippen LogP contribution >= 0.6 is 11.3 Å². The smallest absolute Gasteiger partial charge is 0.0296 e. The van der Waals surface area contributed by atoms with Crippen molar-refractivity contribution in [3.8, 4) is 0 Å². The number of thiophene rings is 1. The van der Waals surface area contributed by atoms with Crippen molar-refractivity contribution in [1.29, 1.82) is 0 Å². The summed E-state index contributed by atoms with van der Waals surface area (Å²) in [5.41, 5.74) is 0. The Balaban J connectivity index is 2.00. The summed E-state index contributed by atoms with van der Waals surface area (Å²) in [5, 5.41) is 3.21. The molecule has 1 nitrogen and oxygen atoms in total. The second-order valence-electron chi connectivity index (χ2n) is 4.17. The van der Waals surface area contributed by atoms with Gasteiger partial charge in [-0.1, -0.05) is 19.3 Å². The van der Waals surface area contributed by atoms with Crippen LogP contribution in [0.15, 0.2) is 12.1 Å².